The third kappa shape index (κ3) is 4.97. The minimum Gasteiger partial charge on any atom is -0.484 e. The number of nitrogens with zero attached hydrogens (tertiary/aromatic N) is 2. The Morgan fingerprint density at radius 1 is 1.27 bits per heavy atom. The lowest BCUT2D eigenvalue weighted by molar-refractivity contribution is -0.132. The molecule has 1 unspecified atom stereocenters. The molecule has 2 aromatic rings. The number of pyridine rings is 1. The van der Waals surface area contributed by atoms with Crippen LogP contribution in [0.15, 0.2) is 47.1 Å². The summed E-state index contributed by atoms with van der Waals surface area (Å²) >= 11 is 3.35. The number of benzene rings is 1. The molecule has 0 spiro atoms. The average molecular weight is 419 g/mol. The predicted molar refractivity (Wildman–Crippen MR) is 104 cm³/mol. The summed E-state index contributed by atoms with van der Waals surface area (Å²) in [6.07, 6.45) is 2.47. The van der Waals surface area contributed by atoms with E-state index in [0.717, 1.165) is 10.9 Å². The SMILES string of the molecule is CC(C)c1ccc(OCC(=O)N2CCC(Oc3ccc(Br)cn3)C2)cc1. The van der Waals surface area contributed by atoms with Gasteiger partial charge in [0.15, 0.2) is 6.61 Å². The van der Waals surface area contributed by atoms with Gasteiger partial charge in [0.2, 0.25) is 5.88 Å². The molecule has 1 saturated heterocycles. The Bertz CT molecular complexity index is 732. The number of aromatic nitrogens is 1. The second-order valence-electron chi connectivity index (χ2n) is 6.70. The molecule has 1 aliphatic rings. The van der Waals surface area contributed by atoms with Crippen LogP contribution in [0.3, 0.4) is 0 Å². The molecule has 138 valence electrons. The van der Waals surface area contributed by atoms with Crippen molar-refractivity contribution in [1.82, 2.24) is 9.88 Å². The molecular formula is C20H23BrN2O3. The zero-order chi connectivity index (χ0) is 18.5. The summed E-state index contributed by atoms with van der Waals surface area (Å²) in [7, 11) is 0. The van der Waals surface area contributed by atoms with E-state index in [1.807, 2.05) is 36.4 Å². The second-order valence-corrected chi connectivity index (χ2v) is 7.61. The number of amides is 1. The van der Waals surface area contributed by atoms with E-state index in [4.69, 9.17) is 9.47 Å². The summed E-state index contributed by atoms with van der Waals surface area (Å²) in [4.78, 5) is 18.4. The Hall–Kier alpha value is -2.08. The summed E-state index contributed by atoms with van der Waals surface area (Å²) < 4.78 is 12.4. The van der Waals surface area contributed by atoms with Gasteiger partial charge in [0.1, 0.15) is 11.9 Å². The van der Waals surface area contributed by atoms with E-state index in [1.165, 1.54) is 5.56 Å². The monoisotopic (exact) mass is 418 g/mol. The van der Waals surface area contributed by atoms with Gasteiger partial charge >= 0.3 is 0 Å². The molecular weight excluding hydrogens is 396 g/mol. The van der Waals surface area contributed by atoms with Gasteiger partial charge in [-0.2, -0.15) is 0 Å². The van der Waals surface area contributed by atoms with Gasteiger partial charge in [0.05, 0.1) is 6.54 Å². The van der Waals surface area contributed by atoms with Crippen LogP contribution >= 0.6 is 15.9 Å². The molecule has 5 nitrogen and oxygen atoms in total. The molecule has 0 N–H and O–H groups in total. The summed E-state index contributed by atoms with van der Waals surface area (Å²) in [6.45, 7) is 5.58. The Morgan fingerprint density at radius 2 is 2.04 bits per heavy atom. The predicted octanol–water partition coefficient (Wildman–Crippen LogP) is 4.03. The van der Waals surface area contributed by atoms with E-state index in [0.29, 0.717) is 30.6 Å². The van der Waals surface area contributed by atoms with Crippen molar-refractivity contribution in [2.24, 2.45) is 0 Å². The van der Waals surface area contributed by atoms with Crippen LogP contribution in [0.25, 0.3) is 0 Å². The summed E-state index contributed by atoms with van der Waals surface area (Å²) in [6, 6.07) is 11.6. The topological polar surface area (TPSA) is 51.7 Å². The molecule has 1 aromatic carbocycles. The van der Waals surface area contributed by atoms with Gasteiger partial charge in [0, 0.05) is 29.7 Å². The number of ether oxygens (including phenoxy) is 2. The van der Waals surface area contributed by atoms with Crippen LogP contribution in [0.1, 0.15) is 31.7 Å². The zero-order valence-electron chi connectivity index (χ0n) is 15.0. The Morgan fingerprint density at radius 3 is 2.69 bits per heavy atom. The lowest BCUT2D eigenvalue weighted by atomic mass is 10.0. The lowest BCUT2D eigenvalue weighted by Crippen LogP contribution is -2.34. The van der Waals surface area contributed by atoms with Gasteiger partial charge in [-0.15, -0.1) is 0 Å². The molecule has 0 saturated carbocycles. The van der Waals surface area contributed by atoms with Crippen molar-refractivity contribution in [3.63, 3.8) is 0 Å². The Kier molecular flexibility index (Phi) is 6.14. The van der Waals surface area contributed by atoms with Gasteiger partial charge in [-0.25, -0.2) is 4.98 Å². The minimum absolute atomic E-state index is 0.0206. The number of rotatable bonds is 6. The van der Waals surface area contributed by atoms with Crippen LogP contribution in [0.2, 0.25) is 0 Å². The minimum atomic E-state index is -0.0297. The summed E-state index contributed by atoms with van der Waals surface area (Å²) in [5, 5.41) is 0. The van der Waals surface area contributed by atoms with Crippen LogP contribution < -0.4 is 9.47 Å². The number of carbonyl (C=O) groups excluding carboxylic acids is 1. The van der Waals surface area contributed by atoms with Crippen molar-refractivity contribution in [3.05, 3.63) is 52.6 Å². The van der Waals surface area contributed by atoms with Gasteiger partial charge in [-0.05, 0) is 45.6 Å². The summed E-state index contributed by atoms with van der Waals surface area (Å²) in [5.74, 6) is 1.75. The highest BCUT2D eigenvalue weighted by Gasteiger charge is 2.28. The van der Waals surface area contributed by atoms with Crippen LogP contribution in [-0.2, 0) is 4.79 Å². The smallest absolute Gasteiger partial charge is 0.260 e. The second kappa shape index (κ2) is 8.54. The highest BCUT2D eigenvalue weighted by atomic mass is 79.9. The Balaban J connectivity index is 1.46. The number of halogens is 1. The van der Waals surface area contributed by atoms with Crippen LogP contribution in [0.4, 0.5) is 0 Å². The number of likely N-dealkylation sites (tertiary alicyclic amines) is 1. The number of carbonyl (C=O) groups is 1. The van der Waals surface area contributed by atoms with E-state index in [2.05, 4.69) is 34.8 Å². The lowest BCUT2D eigenvalue weighted by Gasteiger charge is -2.17. The molecule has 0 bridgehead atoms. The van der Waals surface area contributed by atoms with Crippen molar-refractivity contribution in [3.8, 4) is 11.6 Å². The van der Waals surface area contributed by atoms with Crippen LogP contribution in [-0.4, -0.2) is 41.6 Å². The van der Waals surface area contributed by atoms with E-state index in [-0.39, 0.29) is 18.6 Å². The molecule has 26 heavy (non-hydrogen) atoms. The van der Waals surface area contributed by atoms with Gasteiger partial charge in [-0.3, -0.25) is 4.79 Å². The van der Waals surface area contributed by atoms with Crippen molar-refractivity contribution in [2.75, 3.05) is 19.7 Å². The molecule has 1 aliphatic heterocycles. The van der Waals surface area contributed by atoms with Crippen molar-refractivity contribution >= 4 is 21.8 Å². The first kappa shape index (κ1) is 18.7. The molecule has 1 amide bonds. The highest BCUT2D eigenvalue weighted by molar-refractivity contribution is 9.10. The Labute approximate surface area is 162 Å². The maximum Gasteiger partial charge on any atom is 0.260 e. The third-order valence-corrected chi connectivity index (χ3v) is 4.86. The van der Waals surface area contributed by atoms with Crippen molar-refractivity contribution in [2.45, 2.75) is 32.3 Å². The largest absolute Gasteiger partial charge is 0.484 e. The average Bonchev–Trinajstić information content (AvgIpc) is 3.10. The standard InChI is InChI=1S/C20H23BrN2O3/c1-14(2)15-3-6-17(7-4-15)25-13-20(24)23-10-9-18(12-23)26-19-8-5-16(21)11-22-19/h3-8,11,14,18H,9-10,12-13H2,1-2H3. The molecule has 0 radical (unpaired) electrons. The fourth-order valence-electron chi connectivity index (χ4n) is 2.84. The summed E-state index contributed by atoms with van der Waals surface area (Å²) in [5.41, 5.74) is 1.25. The fourth-order valence-corrected chi connectivity index (χ4v) is 3.07. The molecule has 2 heterocycles. The first-order valence-corrected chi connectivity index (χ1v) is 9.59. The van der Waals surface area contributed by atoms with Crippen LogP contribution in [0.5, 0.6) is 11.6 Å². The van der Waals surface area contributed by atoms with Crippen molar-refractivity contribution < 1.29 is 14.3 Å². The zero-order valence-corrected chi connectivity index (χ0v) is 16.6. The fraction of sp³-hybridized carbons (Fsp3) is 0.400. The van der Waals surface area contributed by atoms with Gasteiger partial charge in [0.25, 0.3) is 5.91 Å². The molecule has 6 heteroatoms. The maximum atomic E-state index is 12.4. The third-order valence-electron chi connectivity index (χ3n) is 4.39. The van der Waals surface area contributed by atoms with E-state index in [9.17, 15) is 4.79 Å². The molecule has 0 aliphatic carbocycles. The van der Waals surface area contributed by atoms with E-state index >= 15 is 0 Å². The quantitative estimate of drug-likeness (QED) is 0.710. The van der Waals surface area contributed by atoms with Gasteiger partial charge in [-0.1, -0.05) is 26.0 Å². The van der Waals surface area contributed by atoms with Crippen molar-refractivity contribution in [1.29, 1.82) is 0 Å². The maximum absolute atomic E-state index is 12.4. The molecule has 3 rings (SSSR count). The first-order chi connectivity index (χ1) is 12.5. The molecule has 1 atom stereocenters. The highest BCUT2D eigenvalue weighted by Crippen LogP contribution is 2.20. The van der Waals surface area contributed by atoms with Crippen LogP contribution in [0, 0.1) is 0 Å². The number of hydrogen-bond donors (Lipinski definition) is 0. The molecule has 1 fully saturated rings. The first-order valence-electron chi connectivity index (χ1n) is 8.80. The van der Waals surface area contributed by atoms with E-state index < -0.39 is 0 Å². The van der Waals surface area contributed by atoms with E-state index in [1.54, 1.807) is 11.1 Å². The normalized spacial score (nSPS) is 16.8. The molecule has 1 aromatic heterocycles. The number of hydrogen-bond acceptors (Lipinski definition) is 4. The van der Waals surface area contributed by atoms with Gasteiger partial charge < -0.3 is 14.4 Å².